The lowest BCUT2D eigenvalue weighted by molar-refractivity contribution is -0.115. The second-order valence-corrected chi connectivity index (χ2v) is 6.65. The standard InChI is InChI=1S/C24H23N3O3/c1-2-22(28)26-19-12-8-11-18(15-19)23(29)27-21-14-7-6-13-20(21)24(30)25-16-17-9-4-3-5-10-17/h3-15H,2,16H2,1H3,(H,25,30)(H,26,28)(H,27,29). The number of carbonyl (C=O) groups excluding carboxylic acids is 3. The van der Waals surface area contributed by atoms with Crippen molar-refractivity contribution in [1.82, 2.24) is 5.32 Å². The first-order valence-electron chi connectivity index (χ1n) is 9.69. The first kappa shape index (κ1) is 20.8. The molecule has 0 saturated carbocycles. The van der Waals surface area contributed by atoms with Gasteiger partial charge < -0.3 is 16.0 Å². The van der Waals surface area contributed by atoms with E-state index in [-0.39, 0.29) is 17.7 Å². The van der Waals surface area contributed by atoms with Crippen molar-refractivity contribution in [1.29, 1.82) is 0 Å². The fourth-order valence-corrected chi connectivity index (χ4v) is 2.85. The summed E-state index contributed by atoms with van der Waals surface area (Å²) in [5, 5.41) is 8.39. The quantitative estimate of drug-likeness (QED) is 0.554. The Bertz CT molecular complexity index is 1050. The highest BCUT2D eigenvalue weighted by Crippen LogP contribution is 2.18. The maximum atomic E-state index is 12.7. The van der Waals surface area contributed by atoms with E-state index in [4.69, 9.17) is 0 Å². The van der Waals surface area contributed by atoms with Gasteiger partial charge in [-0.1, -0.05) is 55.5 Å². The monoisotopic (exact) mass is 401 g/mol. The van der Waals surface area contributed by atoms with Crippen LogP contribution in [-0.2, 0) is 11.3 Å². The molecule has 0 aromatic heterocycles. The van der Waals surface area contributed by atoms with E-state index in [9.17, 15) is 14.4 Å². The van der Waals surface area contributed by atoms with Crippen LogP contribution in [0.2, 0.25) is 0 Å². The molecule has 0 unspecified atom stereocenters. The molecular weight excluding hydrogens is 378 g/mol. The predicted molar refractivity (Wildman–Crippen MR) is 117 cm³/mol. The van der Waals surface area contributed by atoms with Gasteiger partial charge in [0, 0.05) is 24.2 Å². The van der Waals surface area contributed by atoms with Crippen LogP contribution >= 0.6 is 0 Å². The number of hydrogen-bond donors (Lipinski definition) is 3. The molecule has 30 heavy (non-hydrogen) atoms. The van der Waals surface area contributed by atoms with Gasteiger partial charge in [0.25, 0.3) is 11.8 Å². The van der Waals surface area contributed by atoms with Gasteiger partial charge in [-0.15, -0.1) is 0 Å². The summed E-state index contributed by atoms with van der Waals surface area (Å²) < 4.78 is 0. The number of amides is 3. The Morgan fingerprint density at radius 1 is 0.767 bits per heavy atom. The number of para-hydroxylation sites is 1. The molecule has 0 spiro atoms. The Labute approximate surface area is 175 Å². The molecule has 0 aliphatic carbocycles. The van der Waals surface area contributed by atoms with E-state index in [1.54, 1.807) is 55.5 Å². The van der Waals surface area contributed by atoms with E-state index in [2.05, 4.69) is 16.0 Å². The first-order chi connectivity index (χ1) is 14.6. The number of nitrogens with one attached hydrogen (secondary N) is 3. The zero-order valence-electron chi connectivity index (χ0n) is 16.6. The van der Waals surface area contributed by atoms with Gasteiger partial charge in [-0.3, -0.25) is 14.4 Å². The van der Waals surface area contributed by atoms with Gasteiger partial charge in [0.2, 0.25) is 5.91 Å². The summed E-state index contributed by atoms with van der Waals surface area (Å²) in [4.78, 5) is 37.0. The zero-order valence-corrected chi connectivity index (χ0v) is 16.6. The molecule has 152 valence electrons. The lowest BCUT2D eigenvalue weighted by Gasteiger charge is -2.12. The smallest absolute Gasteiger partial charge is 0.255 e. The van der Waals surface area contributed by atoms with E-state index in [0.717, 1.165) is 5.56 Å². The van der Waals surface area contributed by atoms with Crippen LogP contribution in [0, 0.1) is 0 Å². The molecule has 0 saturated heterocycles. The SMILES string of the molecule is CCC(=O)Nc1cccc(C(=O)Nc2ccccc2C(=O)NCc2ccccc2)c1. The minimum absolute atomic E-state index is 0.131. The molecular formula is C24H23N3O3. The van der Waals surface area contributed by atoms with Gasteiger partial charge in [0.05, 0.1) is 11.3 Å². The van der Waals surface area contributed by atoms with Crippen molar-refractivity contribution in [3.05, 3.63) is 95.6 Å². The molecule has 3 aromatic carbocycles. The number of benzene rings is 3. The first-order valence-corrected chi connectivity index (χ1v) is 9.69. The van der Waals surface area contributed by atoms with Crippen LogP contribution in [0.25, 0.3) is 0 Å². The largest absolute Gasteiger partial charge is 0.348 e. The van der Waals surface area contributed by atoms with Crippen LogP contribution in [0.4, 0.5) is 11.4 Å². The molecule has 0 aliphatic heterocycles. The molecule has 3 N–H and O–H groups in total. The van der Waals surface area contributed by atoms with E-state index in [1.807, 2.05) is 30.3 Å². The highest BCUT2D eigenvalue weighted by molar-refractivity contribution is 6.09. The summed E-state index contributed by atoms with van der Waals surface area (Å²) >= 11 is 0. The van der Waals surface area contributed by atoms with E-state index < -0.39 is 0 Å². The molecule has 0 atom stereocenters. The fourth-order valence-electron chi connectivity index (χ4n) is 2.85. The second-order valence-electron chi connectivity index (χ2n) is 6.65. The Kier molecular flexibility index (Phi) is 6.95. The van der Waals surface area contributed by atoms with Crippen LogP contribution < -0.4 is 16.0 Å². The third kappa shape index (κ3) is 5.54. The number of carbonyl (C=O) groups is 3. The molecule has 6 heteroatoms. The second kappa shape index (κ2) is 10.0. The Morgan fingerprint density at radius 3 is 2.27 bits per heavy atom. The molecule has 0 aliphatic rings. The Balaban J connectivity index is 1.71. The van der Waals surface area contributed by atoms with Gasteiger partial charge in [0.15, 0.2) is 0 Å². The molecule has 3 amide bonds. The topological polar surface area (TPSA) is 87.3 Å². The lowest BCUT2D eigenvalue weighted by atomic mass is 10.1. The van der Waals surface area contributed by atoms with Crippen molar-refractivity contribution >= 4 is 29.1 Å². The maximum Gasteiger partial charge on any atom is 0.255 e. The highest BCUT2D eigenvalue weighted by Gasteiger charge is 2.14. The third-order valence-corrected chi connectivity index (χ3v) is 4.45. The number of hydrogen-bond acceptors (Lipinski definition) is 3. The Hall–Kier alpha value is -3.93. The van der Waals surface area contributed by atoms with Crippen LogP contribution in [0.3, 0.4) is 0 Å². The predicted octanol–water partition coefficient (Wildman–Crippen LogP) is 4.22. The molecule has 0 fully saturated rings. The summed E-state index contributed by atoms with van der Waals surface area (Å²) in [6.45, 7) is 2.15. The molecule has 0 heterocycles. The minimum Gasteiger partial charge on any atom is -0.348 e. The van der Waals surface area contributed by atoms with Gasteiger partial charge in [0.1, 0.15) is 0 Å². The average Bonchev–Trinajstić information content (AvgIpc) is 2.78. The summed E-state index contributed by atoms with van der Waals surface area (Å²) in [6, 6.07) is 23.1. The fraction of sp³-hybridized carbons (Fsp3) is 0.125. The third-order valence-electron chi connectivity index (χ3n) is 4.45. The van der Waals surface area contributed by atoms with Crippen LogP contribution in [0.5, 0.6) is 0 Å². The Morgan fingerprint density at radius 2 is 1.50 bits per heavy atom. The van der Waals surface area contributed by atoms with E-state index in [1.165, 1.54) is 0 Å². The van der Waals surface area contributed by atoms with Gasteiger partial charge in [-0.05, 0) is 35.9 Å². The average molecular weight is 401 g/mol. The summed E-state index contributed by atoms with van der Waals surface area (Å²) in [6.07, 6.45) is 0.349. The van der Waals surface area contributed by atoms with Crippen LogP contribution in [0.1, 0.15) is 39.6 Å². The van der Waals surface area contributed by atoms with Crippen molar-refractivity contribution in [2.24, 2.45) is 0 Å². The van der Waals surface area contributed by atoms with Crippen molar-refractivity contribution < 1.29 is 14.4 Å². The zero-order chi connectivity index (χ0) is 21.3. The van der Waals surface area contributed by atoms with Gasteiger partial charge in [-0.25, -0.2) is 0 Å². The van der Waals surface area contributed by atoms with Gasteiger partial charge in [-0.2, -0.15) is 0 Å². The summed E-state index contributed by atoms with van der Waals surface area (Å²) in [5.74, 6) is -0.780. The van der Waals surface area contributed by atoms with Gasteiger partial charge >= 0.3 is 0 Å². The molecule has 3 aromatic rings. The van der Waals surface area contributed by atoms with E-state index in [0.29, 0.717) is 35.5 Å². The van der Waals surface area contributed by atoms with Crippen molar-refractivity contribution in [2.75, 3.05) is 10.6 Å². The van der Waals surface area contributed by atoms with Crippen molar-refractivity contribution in [3.8, 4) is 0 Å². The lowest BCUT2D eigenvalue weighted by Crippen LogP contribution is -2.24. The van der Waals surface area contributed by atoms with Crippen molar-refractivity contribution in [2.45, 2.75) is 19.9 Å². The summed E-state index contributed by atoms with van der Waals surface area (Å²) in [7, 11) is 0. The van der Waals surface area contributed by atoms with E-state index >= 15 is 0 Å². The maximum absolute atomic E-state index is 12.7. The van der Waals surface area contributed by atoms with Crippen LogP contribution in [-0.4, -0.2) is 17.7 Å². The highest BCUT2D eigenvalue weighted by atomic mass is 16.2. The minimum atomic E-state index is -0.370. The molecule has 3 rings (SSSR count). The molecule has 6 nitrogen and oxygen atoms in total. The summed E-state index contributed by atoms with van der Waals surface area (Å²) in [5.41, 5.74) is 2.69. The number of rotatable bonds is 7. The normalized spacial score (nSPS) is 10.2. The van der Waals surface area contributed by atoms with Crippen LogP contribution in [0.15, 0.2) is 78.9 Å². The molecule has 0 radical (unpaired) electrons. The number of anilines is 2. The van der Waals surface area contributed by atoms with Crippen molar-refractivity contribution in [3.63, 3.8) is 0 Å². The molecule has 0 bridgehead atoms.